The van der Waals surface area contributed by atoms with Crippen LogP contribution in [0.15, 0.2) is 12.1 Å². The van der Waals surface area contributed by atoms with Crippen LogP contribution in [0.4, 0.5) is 5.00 Å². The van der Waals surface area contributed by atoms with Gasteiger partial charge in [-0.15, -0.1) is 0 Å². The van der Waals surface area contributed by atoms with Crippen molar-refractivity contribution in [1.29, 1.82) is 0 Å². The highest BCUT2D eigenvalue weighted by atomic mass is 32.1. The highest BCUT2D eigenvalue weighted by Crippen LogP contribution is 2.51. The smallest absolute Gasteiger partial charge is 0.324 e. The predicted octanol–water partition coefficient (Wildman–Crippen LogP) is 2.11. The van der Waals surface area contributed by atoms with Crippen LogP contribution >= 0.6 is 11.3 Å². The van der Waals surface area contributed by atoms with E-state index in [0.717, 1.165) is 11.3 Å². The van der Waals surface area contributed by atoms with Gasteiger partial charge in [0, 0.05) is 17.0 Å². The SMILES string of the molecule is CC(N)C1CC1c1ccc([N+](=O)[O-])s1. The van der Waals surface area contributed by atoms with E-state index in [1.807, 2.05) is 13.0 Å². The van der Waals surface area contributed by atoms with Crippen LogP contribution in [0.25, 0.3) is 0 Å². The molecule has 14 heavy (non-hydrogen) atoms. The first kappa shape index (κ1) is 9.61. The minimum absolute atomic E-state index is 0.196. The number of hydrogen-bond acceptors (Lipinski definition) is 4. The Morgan fingerprint density at radius 1 is 1.71 bits per heavy atom. The van der Waals surface area contributed by atoms with Gasteiger partial charge in [-0.1, -0.05) is 11.3 Å². The fourth-order valence-electron chi connectivity index (χ4n) is 1.76. The summed E-state index contributed by atoms with van der Waals surface area (Å²) in [5.41, 5.74) is 5.76. The molecular weight excluding hydrogens is 200 g/mol. The Bertz CT molecular complexity index is 361. The fraction of sp³-hybridized carbons (Fsp3) is 0.556. The molecule has 3 unspecified atom stereocenters. The van der Waals surface area contributed by atoms with Crippen LogP contribution in [-0.2, 0) is 0 Å². The Kier molecular flexibility index (Phi) is 2.28. The molecule has 1 aromatic rings. The molecule has 2 N–H and O–H groups in total. The van der Waals surface area contributed by atoms with Crippen molar-refractivity contribution < 1.29 is 4.92 Å². The Balaban J connectivity index is 2.09. The van der Waals surface area contributed by atoms with E-state index in [1.54, 1.807) is 6.07 Å². The van der Waals surface area contributed by atoms with Gasteiger partial charge >= 0.3 is 5.00 Å². The zero-order chi connectivity index (χ0) is 10.3. The zero-order valence-electron chi connectivity index (χ0n) is 7.84. The lowest BCUT2D eigenvalue weighted by Gasteiger charge is -2.00. The van der Waals surface area contributed by atoms with Crippen molar-refractivity contribution in [3.63, 3.8) is 0 Å². The van der Waals surface area contributed by atoms with Gasteiger partial charge in [-0.3, -0.25) is 10.1 Å². The Hall–Kier alpha value is -0.940. The molecule has 0 radical (unpaired) electrons. The third-order valence-electron chi connectivity index (χ3n) is 2.67. The van der Waals surface area contributed by atoms with Gasteiger partial charge in [0.1, 0.15) is 0 Å². The van der Waals surface area contributed by atoms with E-state index in [1.165, 1.54) is 11.3 Å². The zero-order valence-corrected chi connectivity index (χ0v) is 8.66. The second kappa shape index (κ2) is 3.33. The molecule has 0 aromatic carbocycles. The molecule has 0 spiro atoms. The lowest BCUT2D eigenvalue weighted by atomic mass is 10.2. The van der Waals surface area contributed by atoms with Crippen LogP contribution in [0.3, 0.4) is 0 Å². The molecule has 0 saturated heterocycles. The van der Waals surface area contributed by atoms with Crippen LogP contribution in [0, 0.1) is 16.0 Å². The minimum atomic E-state index is -0.336. The van der Waals surface area contributed by atoms with Crippen molar-refractivity contribution in [2.75, 3.05) is 0 Å². The van der Waals surface area contributed by atoms with Gasteiger partial charge in [0.25, 0.3) is 0 Å². The highest BCUT2D eigenvalue weighted by molar-refractivity contribution is 7.15. The summed E-state index contributed by atoms with van der Waals surface area (Å²) in [5.74, 6) is 0.988. The molecule has 0 amide bonds. The van der Waals surface area contributed by atoms with Gasteiger partial charge in [-0.25, -0.2) is 0 Å². The molecule has 3 atom stereocenters. The molecule has 0 aliphatic heterocycles. The molecule has 2 rings (SSSR count). The average Bonchev–Trinajstić information content (AvgIpc) is 2.76. The molecule has 4 nitrogen and oxygen atoms in total. The molecule has 1 aliphatic rings. The Morgan fingerprint density at radius 3 is 2.86 bits per heavy atom. The summed E-state index contributed by atoms with van der Waals surface area (Å²) in [4.78, 5) is 11.2. The van der Waals surface area contributed by atoms with Crippen LogP contribution in [0.2, 0.25) is 0 Å². The van der Waals surface area contributed by atoms with Crippen molar-refractivity contribution in [1.82, 2.24) is 0 Å². The summed E-state index contributed by atoms with van der Waals surface area (Å²) in [7, 11) is 0. The highest BCUT2D eigenvalue weighted by Gasteiger charge is 2.42. The maximum atomic E-state index is 10.5. The van der Waals surface area contributed by atoms with Gasteiger partial charge in [-0.05, 0) is 31.2 Å². The normalized spacial score (nSPS) is 27.3. The van der Waals surface area contributed by atoms with Crippen LogP contribution < -0.4 is 5.73 Å². The van der Waals surface area contributed by atoms with Crippen molar-refractivity contribution >= 4 is 16.3 Å². The van der Waals surface area contributed by atoms with Crippen molar-refractivity contribution in [2.45, 2.75) is 25.3 Å². The van der Waals surface area contributed by atoms with E-state index in [2.05, 4.69) is 0 Å². The van der Waals surface area contributed by atoms with Gasteiger partial charge < -0.3 is 5.73 Å². The average molecular weight is 212 g/mol. The van der Waals surface area contributed by atoms with E-state index in [-0.39, 0.29) is 16.0 Å². The van der Waals surface area contributed by atoms with E-state index < -0.39 is 0 Å². The van der Waals surface area contributed by atoms with Crippen LogP contribution in [0.5, 0.6) is 0 Å². The van der Waals surface area contributed by atoms with E-state index in [0.29, 0.717) is 11.8 Å². The molecule has 0 bridgehead atoms. The largest absolute Gasteiger partial charge is 0.328 e. The maximum absolute atomic E-state index is 10.5. The lowest BCUT2D eigenvalue weighted by molar-refractivity contribution is -0.380. The number of nitrogens with zero attached hydrogens (tertiary/aromatic N) is 1. The number of thiophene rings is 1. The molecule has 1 fully saturated rings. The molecule has 76 valence electrons. The summed E-state index contributed by atoms with van der Waals surface area (Å²) in [6.07, 6.45) is 1.08. The van der Waals surface area contributed by atoms with Gasteiger partial charge in [0.05, 0.1) is 4.92 Å². The number of nitro groups is 1. The van der Waals surface area contributed by atoms with Crippen LogP contribution in [-0.4, -0.2) is 11.0 Å². The summed E-state index contributed by atoms with van der Waals surface area (Å²) in [6.45, 7) is 1.99. The maximum Gasteiger partial charge on any atom is 0.324 e. The first-order chi connectivity index (χ1) is 6.59. The standard InChI is InChI=1S/C9H12N2O2S/c1-5(10)6-4-7(6)8-2-3-9(14-8)11(12)13/h2-3,5-7H,4,10H2,1H3. The Labute approximate surface area is 85.9 Å². The van der Waals surface area contributed by atoms with Crippen LogP contribution in [0.1, 0.15) is 24.1 Å². The number of hydrogen-bond donors (Lipinski definition) is 1. The van der Waals surface area contributed by atoms with Crippen molar-refractivity contribution in [2.24, 2.45) is 11.7 Å². The number of nitrogens with two attached hydrogens (primary N) is 1. The second-order valence-corrected chi connectivity index (χ2v) is 4.89. The minimum Gasteiger partial charge on any atom is -0.328 e. The first-order valence-corrected chi connectivity index (χ1v) is 5.41. The number of rotatable bonds is 3. The van der Waals surface area contributed by atoms with Gasteiger partial charge in [-0.2, -0.15) is 0 Å². The van der Waals surface area contributed by atoms with Gasteiger partial charge in [0.2, 0.25) is 0 Å². The van der Waals surface area contributed by atoms with Crippen molar-refractivity contribution in [3.8, 4) is 0 Å². The van der Waals surface area contributed by atoms with E-state index in [9.17, 15) is 10.1 Å². The summed E-state index contributed by atoms with van der Waals surface area (Å²) in [6, 6.07) is 3.63. The molecule has 5 heteroatoms. The third-order valence-corrected chi connectivity index (χ3v) is 3.84. The van der Waals surface area contributed by atoms with Gasteiger partial charge in [0.15, 0.2) is 0 Å². The second-order valence-electron chi connectivity index (χ2n) is 3.80. The lowest BCUT2D eigenvalue weighted by Crippen LogP contribution is -2.17. The third kappa shape index (κ3) is 1.65. The monoisotopic (exact) mass is 212 g/mol. The molecule has 1 aromatic heterocycles. The summed E-state index contributed by atoms with van der Waals surface area (Å²) in [5, 5.41) is 10.7. The first-order valence-electron chi connectivity index (χ1n) is 4.59. The topological polar surface area (TPSA) is 69.2 Å². The molecule has 1 heterocycles. The van der Waals surface area contributed by atoms with Crippen molar-refractivity contribution in [3.05, 3.63) is 27.1 Å². The molecular formula is C9H12N2O2S. The van der Waals surface area contributed by atoms with E-state index in [4.69, 9.17) is 5.73 Å². The Morgan fingerprint density at radius 2 is 2.43 bits per heavy atom. The quantitative estimate of drug-likeness (QED) is 0.616. The summed E-state index contributed by atoms with van der Waals surface area (Å²) < 4.78 is 0. The molecule has 1 saturated carbocycles. The van der Waals surface area contributed by atoms with E-state index >= 15 is 0 Å². The summed E-state index contributed by atoms with van der Waals surface area (Å²) >= 11 is 1.28. The fourth-order valence-corrected chi connectivity index (χ4v) is 2.77. The molecule has 1 aliphatic carbocycles. The predicted molar refractivity (Wildman–Crippen MR) is 55.5 cm³/mol.